The fraction of sp³-hybridized carbons (Fsp3) is 0.350. The smallest absolute Gasteiger partial charge is 0.213 e. The number of methoxy groups -OCH3 is 1. The summed E-state index contributed by atoms with van der Waals surface area (Å²) in [5, 5.41) is 0. The highest BCUT2D eigenvalue weighted by molar-refractivity contribution is 5.54. The minimum atomic E-state index is 0.415. The van der Waals surface area contributed by atoms with Crippen LogP contribution in [0.15, 0.2) is 48.9 Å². The molecule has 0 bridgehead atoms. The lowest BCUT2D eigenvalue weighted by Gasteiger charge is -2.19. The Labute approximate surface area is 153 Å². The quantitative estimate of drug-likeness (QED) is 0.708. The van der Waals surface area contributed by atoms with Gasteiger partial charge in [0.2, 0.25) is 5.88 Å². The monoisotopic (exact) mass is 349 g/mol. The molecule has 0 radical (unpaired) electrons. The normalized spacial score (nSPS) is 17.5. The van der Waals surface area contributed by atoms with Crippen LogP contribution in [-0.2, 0) is 6.54 Å². The Morgan fingerprint density at radius 2 is 2.12 bits per heavy atom. The van der Waals surface area contributed by atoms with Gasteiger partial charge in [0.25, 0.3) is 0 Å². The fourth-order valence-corrected chi connectivity index (χ4v) is 3.67. The lowest BCUT2D eigenvalue weighted by molar-refractivity contribution is 0.309. The Balaban J connectivity index is 1.52. The van der Waals surface area contributed by atoms with Crippen molar-refractivity contribution in [1.29, 1.82) is 0 Å². The second-order valence-corrected chi connectivity index (χ2v) is 6.68. The van der Waals surface area contributed by atoms with Crippen LogP contribution in [-0.4, -0.2) is 44.6 Å². The van der Waals surface area contributed by atoms with Crippen LogP contribution < -0.4 is 4.74 Å². The summed E-state index contributed by atoms with van der Waals surface area (Å²) >= 11 is 0. The van der Waals surface area contributed by atoms with Crippen LogP contribution in [0.4, 0.5) is 0 Å². The van der Waals surface area contributed by atoms with E-state index in [-0.39, 0.29) is 0 Å². The molecule has 6 heteroatoms. The fourth-order valence-electron chi connectivity index (χ4n) is 3.67. The molecule has 0 saturated carbocycles. The number of ether oxygens (including phenoxy) is 1. The summed E-state index contributed by atoms with van der Waals surface area (Å²) in [4.78, 5) is 15.9. The molecule has 0 aromatic carbocycles. The summed E-state index contributed by atoms with van der Waals surface area (Å²) in [5.41, 5.74) is 3.29. The van der Waals surface area contributed by atoms with E-state index in [9.17, 15) is 0 Å². The van der Waals surface area contributed by atoms with E-state index in [0.717, 1.165) is 43.1 Å². The Bertz CT molecular complexity index is 877. The zero-order valence-electron chi connectivity index (χ0n) is 15.2. The van der Waals surface area contributed by atoms with Gasteiger partial charge in [0, 0.05) is 61.6 Å². The van der Waals surface area contributed by atoms with Gasteiger partial charge in [-0.2, -0.15) is 0 Å². The first-order valence-electron chi connectivity index (χ1n) is 8.91. The van der Waals surface area contributed by atoms with Gasteiger partial charge in [0.15, 0.2) is 0 Å². The number of hydrogen-bond donors (Lipinski definition) is 0. The first-order chi connectivity index (χ1) is 12.7. The van der Waals surface area contributed by atoms with E-state index in [1.54, 1.807) is 13.3 Å². The van der Waals surface area contributed by atoms with Gasteiger partial charge in [-0.1, -0.05) is 6.07 Å². The molecule has 3 aromatic heterocycles. The minimum Gasteiger partial charge on any atom is -0.481 e. The van der Waals surface area contributed by atoms with Crippen molar-refractivity contribution in [2.75, 3.05) is 20.2 Å². The topological polar surface area (TPSA) is 56.1 Å². The van der Waals surface area contributed by atoms with E-state index in [4.69, 9.17) is 4.74 Å². The van der Waals surface area contributed by atoms with Crippen LogP contribution in [0, 0.1) is 6.92 Å². The number of nitrogens with zero attached hydrogens (tertiary/aromatic N) is 5. The minimum absolute atomic E-state index is 0.415. The molecule has 6 nitrogen and oxygen atoms in total. The zero-order valence-corrected chi connectivity index (χ0v) is 15.2. The molecule has 1 aliphatic rings. The number of aromatic nitrogens is 4. The third kappa shape index (κ3) is 3.32. The number of imidazole rings is 1. The number of aryl methyl sites for hydroxylation is 1. The van der Waals surface area contributed by atoms with Crippen LogP contribution in [0.1, 0.15) is 23.9 Å². The molecule has 4 heterocycles. The highest BCUT2D eigenvalue weighted by atomic mass is 16.5. The van der Waals surface area contributed by atoms with Crippen molar-refractivity contribution in [1.82, 2.24) is 24.4 Å². The molecule has 1 saturated heterocycles. The van der Waals surface area contributed by atoms with Gasteiger partial charge >= 0.3 is 0 Å². The molecule has 26 heavy (non-hydrogen) atoms. The molecular weight excluding hydrogens is 326 g/mol. The maximum Gasteiger partial charge on any atom is 0.213 e. The third-order valence-corrected chi connectivity index (χ3v) is 4.89. The summed E-state index contributed by atoms with van der Waals surface area (Å²) in [6, 6.07) is 10.4. The van der Waals surface area contributed by atoms with Crippen LogP contribution >= 0.6 is 0 Å². The number of rotatable bonds is 5. The third-order valence-electron chi connectivity index (χ3n) is 4.89. The van der Waals surface area contributed by atoms with Crippen molar-refractivity contribution >= 4 is 0 Å². The van der Waals surface area contributed by atoms with Crippen molar-refractivity contribution in [3.8, 4) is 17.3 Å². The molecule has 4 rings (SSSR count). The number of likely N-dealkylation sites (tertiary alicyclic amines) is 1. The molecule has 1 aliphatic heterocycles. The van der Waals surface area contributed by atoms with E-state index >= 15 is 0 Å². The Kier molecular flexibility index (Phi) is 4.67. The van der Waals surface area contributed by atoms with Gasteiger partial charge in [-0.25, -0.2) is 9.97 Å². The lowest BCUT2D eigenvalue weighted by atomic mass is 10.2. The van der Waals surface area contributed by atoms with Crippen molar-refractivity contribution in [3.63, 3.8) is 0 Å². The molecular formula is C20H23N5O. The van der Waals surface area contributed by atoms with E-state index in [0.29, 0.717) is 11.9 Å². The number of hydrogen-bond acceptors (Lipinski definition) is 5. The molecule has 0 aliphatic carbocycles. The Morgan fingerprint density at radius 1 is 1.19 bits per heavy atom. The van der Waals surface area contributed by atoms with Gasteiger partial charge < -0.3 is 9.30 Å². The van der Waals surface area contributed by atoms with E-state index < -0.39 is 0 Å². The SMILES string of the molecule is COc1cccc(CN2CCC(n3c(C)cnc3-c3cccnc3)C2)n1. The maximum atomic E-state index is 5.23. The van der Waals surface area contributed by atoms with Crippen LogP contribution in [0.2, 0.25) is 0 Å². The van der Waals surface area contributed by atoms with Crippen molar-refractivity contribution in [3.05, 3.63) is 60.3 Å². The van der Waals surface area contributed by atoms with Crippen LogP contribution in [0.5, 0.6) is 5.88 Å². The average molecular weight is 349 g/mol. The zero-order chi connectivity index (χ0) is 17.9. The molecule has 0 spiro atoms. The average Bonchev–Trinajstić information content (AvgIpc) is 3.29. The molecule has 134 valence electrons. The molecule has 1 fully saturated rings. The van der Waals surface area contributed by atoms with Crippen molar-refractivity contribution in [2.45, 2.75) is 25.9 Å². The van der Waals surface area contributed by atoms with Gasteiger partial charge in [-0.05, 0) is 31.5 Å². The Hall–Kier alpha value is -2.73. The van der Waals surface area contributed by atoms with Gasteiger partial charge in [-0.15, -0.1) is 0 Å². The van der Waals surface area contributed by atoms with E-state index in [2.05, 4.69) is 43.5 Å². The Morgan fingerprint density at radius 3 is 2.92 bits per heavy atom. The van der Waals surface area contributed by atoms with Crippen LogP contribution in [0.3, 0.4) is 0 Å². The van der Waals surface area contributed by atoms with Crippen LogP contribution in [0.25, 0.3) is 11.4 Å². The number of pyridine rings is 2. The predicted molar refractivity (Wildman–Crippen MR) is 99.9 cm³/mol. The van der Waals surface area contributed by atoms with Crippen molar-refractivity contribution in [2.24, 2.45) is 0 Å². The summed E-state index contributed by atoms with van der Waals surface area (Å²) in [6.07, 6.45) is 6.73. The highest BCUT2D eigenvalue weighted by Gasteiger charge is 2.27. The highest BCUT2D eigenvalue weighted by Crippen LogP contribution is 2.29. The largest absolute Gasteiger partial charge is 0.481 e. The van der Waals surface area contributed by atoms with Gasteiger partial charge in [-0.3, -0.25) is 9.88 Å². The molecule has 3 aromatic rings. The molecule has 1 unspecified atom stereocenters. The maximum absolute atomic E-state index is 5.23. The second kappa shape index (κ2) is 7.25. The van der Waals surface area contributed by atoms with Gasteiger partial charge in [0.1, 0.15) is 5.82 Å². The summed E-state index contributed by atoms with van der Waals surface area (Å²) in [5.74, 6) is 1.67. The second-order valence-electron chi connectivity index (χ2n) is 6.68. The van der Waals surface area contributed by atoms with Crippen molar-refractivity contribution < 1.29 is 4.74 Å². The predicted octanol–water partition coefficient (Wildman–Crippen LogP) is 3.10. The summed E-state index contributed by atoms with van der Waals surface area (Å²) < 4.78 is 7.59. The summed E-state index contributed by atoms with van der Waals surface area (Å²) in [7, 11) is 1.65. The van der Waals surface area contributed by atoms with E-state index in [1.807, 2.05) is 30.6 Å². The molecule has 0 N–H and O–H groups in total. The molecule has 0 amide bonds. The van der Waals surface area contributed by atoms with Gasteiger partial charge in [0.05, 0.1) is 12.8 Å². The molecule has 1 atom stereocenters. The first-order valence-corrected chi connectivity index (χ1v) is 8.91. The summed E-state index contributed by atoms with van der Waals surface area (Å²) in [6.45, 7) is 5.00. The lowest BCUT2D eigenvalue weighted by Crippen LogP contribution is -2.22. The standard InChI is InChI=1S/C20H23N5O/c1-15-11-22-20(16-5-4-9-21-12-16)25(15)18-8-10-24(14-18)13-17-6-3-7-19(23-17)26-2/h3-7,9,11-12,18H,8,10,13-14H2,1-2H3. The van der Waals surface area contributed by atoms with E-state index in [1.165, 1.54) is 5.69 Å². The first kappa shape index (κ1) is 16.7.